The minimum Gasteiger partial charge on any atom is -0.311 e. The highest BCUT2D eigenvalue weighted by atomic mass is 15.2. The summed E-state index contributed by atoms with van der Waals surface area (Å²) >= 11 is 0. The Balaban J connectivity index is 1.29. The van der Waals surface area contributed by atoms with Gasteiger partial charge in [0.2, 0.25) is 0 Å². The van der Waals surface area contributed by atoms with Crippen LogP contribution in [0.25, 0.3) is 27.5 Å². The zero-order chi connectivity index (χ0) is 30.6. The molecule has 0 fully saturated rings. The van der Waals surface area contributed by atoms with Crippen molar-refractivity contribution in [1.29, 1.82) is 0 Å². The van der Waals surface area contributed by atoms with Crippen LogP contribution in [0.5, 0.6) is 0 Å². The Hall–Kier alpha value is -6.00. The molecule has 0 atom stereocenters. The van der Waals surface area contributed by atoms with E-state index in [2.05, 4.69) is 172 Å². The fourth-order valence-corrected chi connectivity index (χ4v) is 8.57. The second kappa shape index (κ2) is 9.28. The van der Waals surface area contributed by atoms with E-state index in [1.807, 2.05) is 0 Å². The Morgan fingerprint density at radius 2 is 1.02 bits per heavy atom. The molecule has 3 nitrogen and oxygen atoms in total. The van der Waals surface area contributed by atoms with Crippen molar-refractivity contribution in [3.8, 4) is 5.69 Å². The van der Waals surface area contributed by atoms with Crippen LogP contribution in [-0.4, -0.2) is 11.3 Å². The van der Waals surface area contributed by atoms with Gasteiger partial charge in [0.05, 0.1) is 11.0 Å². The van der Waals surface area contributed by atoms with Gasteiger partial charge in [0.1, 0.15) is 0 Å². The monoisotopic (exact) mass is 597 g/mol. The summed E-state index contributed by atoms with van der Waals surface area (Å²) in [7, 11) is 0. The van der Waals surface area contributed by atoms with Crippen molar-refractivity contribution < 1.29 is 0 Å². The Morgan fingerprint density at radius 3 is 1.70 bits per heavy atom. The average Bonchev–Trinajstić information content (AvgIpc) is 3.44. The molecule has 0 N–H and O–H groups in total. The van der Waals surface area contributed by atoms with Gasteiger partial charge in [-0.25, -0.2) is 0 Å². The summed E-state index contributed by atoms with van der Waals surface area (Å²) in [4.78, 5) is 5.01. The summed E-state index contributed by atoms with van der Waals surface area (Å²) < 4.78 is 2.44. The van der Waals surface area contributed by atoms with Gasteiger partial charge in [0.25, 0.3) is 6.71 Å². The smallest absolute Gasteiger partial charge is 0.252 e. The summed E-state index contributed by atoms with van der Waals surface area (Å²) in [5, 5.41) is 2.57. The van der Waals surface area contributed by atoms with Gasteiger partial charge >= 0.3 is 0 Å². The molecule has 218 valence electrons. The maximum Gasteiger partial charge on any atom is 0.252 e. The van der Waals surface area contributed by atoms with Crippen LogP contribution in [0, 0.1) is 0 Å². The van der Waals surface area contributed by atoms with Crippen LogP contribution in [0.3, 0.4) is 0 Å². The third-order valence-corrected chi connectivity index (χ3v) is 10.5. The summed E-state index contributed by atoms with van der Waals surface area (Å²) in [5.41, 5.74) is 18.1. The fraction of sp³-hybridized carbons (Fsp3) is 0.0233. The maximum atomic E-state index is 2.52. The minimum atomic E-state index is 0.124. The molecular formula is C43H28BN3. The summed E-state index contributed by atoms with van der Waals surface area (Å²) in [6, 6.07) is 58.2. The number of aromatic nitrogens is 1. The highest BCUT2D eigenvalue weighted by Crippen LogP contribution is 2.47. The van der Waals surface area contributed by atoms with E-state index in [-0.39, 0.29) is 6.71 Å². The molecule has 2 aliphatic heterocycles. The van der Waals surface area contributed by atoms with Gasteiger partial charge in [-0.05, 0) is 101 Å². The highest BCUT2D eigenvalue weighted by Gasteiger charge is 2.45. The molecule has 4 heteroatoms. The Labute approximate surface area is 273 Å². The van der Waals surface area contributed by atoms with Crippen molar-refractivity contribution in [2.45, 2.75) is 6.42 Å². The van der Waals surface area contributed by atoms with Gasteiger partial charge in [-0.15, -0.1) is 0 Å². The molecule has 8 aromatic rings. The second-order valence-corrected chi connectivity index (χ2v) is 13.0. The Morgan fingerprint density at radius 1 is 0.426 bits per heavy atom. The van der Waals surface area contributed by atoms with Crippen LogP contribution < -0.4 is 26.2 Å². The van der Waals surface area contributed by atoms with E-state index in [4.69, 9.17) is 0 Å². The lowest BCUT2D eigenvalue weighted by molar-refractivity contribution is 1.09. The topological polar surface area (TPSA) is 11.4 Å². The molecule has 0 radical (unpaired) electrons. The highest BCUT2D eigenvalue weighted by molar-refractivity contribution is 7.00. The van der Waals surface area contributed by atoms with E-state index in [1.165, 1.54) is 89.1 Å². The molecule has 4 aliphatic rings. The van der Waals surface area contributed by atoms with Crippen LogP contribution in [-0.2, 0) is 6.42 Å². The Kier molecular flexibility index (Phi) is 4.98. The first-order valence-electron chi connectivity index (χ1n) is 16.4. The molecule has 2 aliphatic carbocycles. The molecule has 0 spiro atoms. The third kappa shape index (κ3) is 3.37. The second-order valence-electron chi connectivity index (χ2n) is 13.0. The molecule has 7 aromatic carbocycles. The van der Waals surface area contributed by atoms with Gasteiger partial charge in [0, 0.05) is 50.6 Å². The van der Waals surface area contributed by atoms with Crippen LogP contribution >= 0.6 is 0 Å². The van der Waals surface area contributed by atoms with Crippen LogP contribution in [0.2, 0.25) is 0 Å². The molecule has 1 aromatic heterocycles. The number of benzene rings is 7. The Bertz CT molecular complexity index is 2560. The number of rotatable bonds is 3. The van der Waals surface area contributed by atoms with Crippen LogP contribution in [0.15, 0.2) is 158 Å². The SMILES string of the molecule is c1ccc(N2c3cc4c(cc3B3c5c6cc(cc5N(c5ccccc5)c5cccc2c53)C6)c2ccccc2n4-c2ccccc2)cc1. The normalized spacial score (nSPS) is 13.7. The first kappa shape index (κ1) is 25.2. The molecule has 47 heavy (non-hydrogen) atoms. The van der Waals surface area contributed by atoms with Gasteiger partial charge < -0.3 is 14.4 Å². The quantitative estimate of drug-likeness (QED) is 0.189. The molecule has 0 amide bonds. The first-order chi connectivity index (χ1) is 23.3. The number of anilines is 6. The number of hydrogen-bond acceptors (Lipinski definition) is 2. The van der Waals surface area contributed by atoms with Gasteiger partial charge in [-0.1, -0.05) is 91.0 Å². The molecule has 12 rings (SSSR count). The molecule has 2 bridgehead atoms. The molecule has 0 saturated carbocycles. The maximum absolute atomic E-state index is 2.52. The largest absolute Gasteiger partial charge is 0.311 e. The summed E-state index contributed by atoms with van der Waals surface area (Å²) in [6.45, 7) is 0.124. The zero-order valence-electron chi connectivity index (χ0n) is 25.6. The van der Waals surface area contributed by atoms with Crippen molar-refractivity contribution in [3.05, 3.63) is 169 Å². The van der Waals surface area contributed by atoms with Gasteiger partial charge in [-0.2, -0.15) is 0 Å². The third-order valence-electron chi connectivity index (χ3n) is 10.5. The lowest BCUT2D eigenvalue weighted by atomic mass is 9.32. The predicted octanol–water partition coefficient (Wildman–Crippen LogP) is 8.77. The van der Waals surface area contributed by atoms with Crippen molar-refractivity contribution >= 4 is 79.0 Å². The average molecular weight is 598 g/mol. The van der Waals surface area contributed by atoms with Crippen molar-refractivity contribution in [2.75, 3.05) is 9.80 Å². The lowest BCUT2D eigenvalue weighted by Gasteiger charge is -2.46. The van der Waals surface area contributed by atoms with E-state index in [0.717, 1.165) is 6.42 Å². The summed E-state index contributed by atoms with van der Waals surface area (Å²) in [6.07, 6.45) is 1.04. The molecule has 0 unspecified atom stereocenters. The van der Waals surface area contributed by atoms with Crippen molar-refractivity contribution in [1.82, 2.24) is 4.57 Å². The standard InChI is InChI=1S/C43H28BN3/c1-4-13-30(14-5-1)45-36-20-11-10-19-33(36)34-26-35-40(27-39(34)45)46(31-15-6-2-7-16-31)37-21-12-22-38-43(37)44(35)42-29-23-28(24-29)25-41(42)47(38)32-17-8-3-9-18-32/h1-23,25-27H,24H2. The summed E-state index contributed by atoms with van der Waals surface area (Å²) in [5.74, 6) is 0. The van der Waals surface area contributed by atoms with Crippen molar-refractivity contribution in [3.63, 3.8) is 0 Å². The van der Waals surface area contributed by atoms with Crippen molar-refractivity contribution in [2.24, 2.45) is 0 Å². The van der Waals surface area contributed by atoms with Gasteiger partial charge in [-0.3, -0.25) is 0 Å². The fourth-order valence-electron chi connectivity index (χ4n) is 8.57. The molecule has 0 saturated heterocycles. The molecular weight excluding hydrogens is 569 g/mol. The molecule has 3 heterocycles. The predicted molar refractivity (Wildman–Crippen MR) is 198 cm³/mol. The van der Waals surface area contributed by atoms with E-state index in [9.17, 15) is 0 Å². The number of hydrogen-bond donors (Lipinski definition) is 0. The van der Waals surface area contributed by atoms with E-state index in [0.29, 0.717) is 0 Å². The van der Waals surface area contributed by atoms with E-state index in [1.54, 1.807) is 0 Å². The van der Waals surface area contributed by atoms with E-state index >= 15 is 0 Å². The number of para-hydroxylation sites is 4. The lowest BCUT2D eigenvalue weighted by Crippen LogP contribution is -2.62. The number of fused-ring (bicyclic) bond motifs is 5. The zero-order valence-corrected chi connectivity index (χ0v) is 25.6. The van der Waals surface area contributed by atoms with Crippen LogP contribution in [0.4, 0.5) is 34.1 Å². The van der Waals surface area contributed by atoms with Gasteiger partial charge in [0.15, 0.2) is 0 Å². The minimum absolute atomic E-state index is 0.124. The first-order valence-corrected chi connectivity index (χ1v) is 16.4. The van der Waals surface area contributed by atoms with Crippen LogP contribution in [0.1, 0.15) is 11.1 Å². The van der Waals surface area contributed by atoms with E-state index < -0.39 is 0 Å². The number of nitrogens with zero attached hydrogens (tertiary/aromatic N) is 3.